The molecule has 5 heteroatoms. The van der Waals surface area contributed by atoms with E-state index in [0.717, 1.165) is 32.4 Å². The average molecular weight is 287 g/mol. The molecule has 0 fully saturated rings. The smallest absolute Gasteiger partial charge is 0.307 e. The van der Waals surface area contributed by atoms with Gasteiger partial charge < -0.3 is 15.1 Å². The number of unbranched alkanes of at least 4 members (excludes halogenated alkanes) is 2. The first-order valence-corrected chi connectivity index (χ1v) is 7.49. The molecule has 0 saturated carbocycles. The third-order valence-electron chi connectivity index (χ3n) is 3.34. The monoisotopic (exact) mass is 287 g/mol. The van der Waals surface area contributed by atoms with Crippen molar-refractivity contribution < 1.29 is 19.8 Å². The normalized spacial score (nSPS) is 12.8. The summed E-state index contributed by atoms with van der Waals surface area (Å²) >= 11 is 0. The van der Waals surface area contributed by atoms with Crippen molar-refractivity contribution >= 4 is 11.9 Å². The molecule has 0 aliphatic heterocycles. The van der Waals surface area contributed by atoms with Gasteiger partial charge in [-0.2, -0.15) is 0 Å². The first-order valence-electron chi connectivity index (χ1n) is 7.49. The number of aliphatic carboxylic acids is 2. The van der Waals surface area contributed by atoms with E-state index >= 15 is 0 Å². The van der Waals surface area contributed by atoms with Crippen molar-refractivity contribution in [1.29, 1.82) is 0 Å². The van der Waals surface area contributed by atoms with Crippen molar-refractivity contribution in [3.8, 4) is 0 Å². The zero-order valence-corrected chi connectivity index (χ0v) is 13.0. The molecule has 118 valence electrons. The van der Waals surface area contributed by atoms with Crippen LogP contribution >= 0.6 is 0 Å². The predicted molar refractivity (Wildman–Crippen MR) is 78.8 cm³/mol. The van der Waals surface area contributed by atoms with Crippen molar-refractivity contribution in [3.05, 3.63) is 0 Å². The number of nitrogens with zero attached hydrogens (tertiary/aromatic N) is 1. The van der Waals surface area contributed by atoms with Crippen LogP contribution in [0.1, 0.15) is 52.9 Å². The fourth-order valence-corrected chi connectivity index (χ4v) is 1.99. The highest BCUT2D eigenvalue weighted by Crippen LogP contribution is 2.09. The van der Waals surface area contributed by atoms with E-state index < -0.39 is 11.9 Å². The van der Waals surface area contributed by atoms with E-state index in [1.54, 1.807) is 6.92 Å². The summed E-state index contributed by atoms with van der Waals surface area (Å²) in [5.41, 5.74) is 0. The molecule has 0 radical (unpaired) electrons. The summed E-state index contributed by atoms with van der Waals surface area (Å²) in [6.07, 6.45) is 3.78. The Morgan fingerprint density at radius 2 is 1.65 bits per heavy atom. The lowest BCUT2D eigenvalue weighted by molar-refractivity contribution is -0.142. The molecule has 0 aliphatic rings. The minimum Gasteiger partial charge on any atom is -0.481 e. The molecule has 0 bridgehead atoms. The maximum Gasteiger partial charge on any atom is 0.307 e. The molecule has 1 atom stereocenters. The van der Waals surface area contributed by atoms with Crippen LogP contribution in [0.15, 0.2) is 0 Å². The quantitative estimate of drug-likeness (QED) is 0.540. The van der Waals surface area contributed by atoms with Crippen LogP contribution in [0.25, 0.3) is 0 Å². The Morgan fingerprint density at radius 3 is 2.15 bits per heavy atom. The number of carboxylic acid groups (broad SMARTS) is 2. The molecule has 0 amide bonds. The van der Waals surface area contributed by atoms with Gasteiger partial charge >= 0.3 is 11.9 Å². The summed E-state index contributed by atoms with van der Waals surface area (Å²) in [5.74, 6) is -1.27. The van der Waals surface area contributed by atoms with Gasteiger partial charge in [0.1, 0.15) is 0 Å². The third kappa shape index (κ3) is 10.8. The second-order valence-corrected chi connectivity index (χ2v) is 5.93. The van der Waals surface area contributed by atoms with Crippen LogP contribution in [-0.4, -0.2) is 46.7 Å². The van der Waals surface area contributed by atoms with Gasteiger partial charge in [-0.15, -0.1) is 0 Å². The van der Waals surface area contributed by atoms with Gasteiger partial charge in [-0.3, -0.25) is 9.59 Å². The average Bonchev–Trinajstić information content (AvgIpc) is 2.34. The zero-order valence-electron chi connectivity index (χ0n) is 13.0. The molecule has 2 N–H and O–H groups in total. The number of carboxylic acids is 2. The van der Waals surface area contributed by atoms with Crippen molar-refractivity contribution in [1.82, 2.24) is 4.90 Å². The van der Waals surface area contributed by atoms with Gasteiger partial charge in [-0.1, -0.05) is 27.2 Å². The molecule has 0 saturated heterocycles. The fourth-order valence-electron chi connectivity index (χ4n) is 1.99. The van der Waals surface area contributed by atoms with Crippen molar-refractivity contribution in [2.24, 2.45) is 11.8 Å². The van der Waals surface area contributed by atoms with E-state index in [2.05, 4.69) is 18.7 Å². The van der Waals surface area contributed by atoms with Crippen LogP contribution in [0.5, 0.6) is 0 Å². The Bertz CT molecular complexity index is 292. The zero-order chi connectivity index (χ0) is 15.5. The Hall–Kier alpha value is -1.10. The summed E-state index contributed by atoms with van der Waals surface area (Å²) < 4.78 is 0. The second kappa shape index (κ2) is 10.7. The molecule has 0 aromatic heterocycles. The standard InChI is InChI=1S/C15H29NO4/c1-12(2)8-10-16(11-13(3)15(19)20)9-6-4-5-7-14(17)18/h12-13H,4-11H2,1-3H3,(H,17,18)(H,19,20). The van der Waals surface area contributed by atoms with Crippen LogP contribution in [0.4, 0.5) is 0 Å². The van der Waals surface area contributed by atoms with Crippen molar-refractivity contribution in [2.75, 3.05) is 19.6 Å². The van der Waals surface area contributed by atoms with E-state index in [9.17, 15) is 9.59 Å². The molecule has 0 aromatic carbocycles. The first kappa shape index (κ1) is 18.9. The Labute approximate surface area is 122 Å². The maximum atomic E-state index is 10.9. The Morgan fingerprint density at radius 1 is 1.00 bits per heavy atom. The van der Waals surface area contributed by atoms with Gasteiger partial charge in [0.25, 0.3) is 0 Å². The predicted octanol–water partition coefficient (Wildman–Crippen LogP) is 2.70. The third-order valence-corrected chi connectivity index (χ3v) is 3.34. The fraction of sp³-hybridized carbons (Fsp3) is 0.867. The van der Waals surface area contributed by atoms with E-state index in [4.69, 9.17) is 10.2 Å². The molecule has 0 spiro atoms. The van der Waals surface area contributed by atoms with E-state index in [1.165, 1.54) is 0 Å². The van der Waals surface area contributed by atoms with Crippen LogP contribution < -0.4 is 0 Å². The van der Waals surface area contributed by atoms with Gasteiger partial charge in [-0.05, 0) is 38.3 Å². The first-order chi connectivity index (χ1) is 9.32. The van der Waals surface area contributed by atoms with Crippen LogP contribution in [0.3, 0.4) is 0 Å². The van der Waals surface area contributed by atoms with Gasteiger partial charge in [0.15, 0.2) is 0 Å². The molecular formula is C15H29NO4. The molecule has 1 unspecified atom stereocenters. The molecule has 0 heterocycles. The largest absolute Gasteiger partial charge is 0.481 e. The lowest BCUT2D eigenvalue weighted by Gasteiger charge is -2.25. The second-order valence-electron chi connectivity index (χ2n) is 5.93. The highest BCUT2D eigenvalue weighted by atomic mass is 16.4. The van der Waals surface area contributed by atoms with Gasteiger partial charge in [-0.25, -0.2) is 0 Å². The minimum absolute atomic E-state index is 0.220. The van der Waals surface area contributed by atoms with Crippen molar-refractivity contribution in [2.45, 2.75) is 52.9 Å². The molecular weight excluding hydrogens is 258 g/mol. The Kier molecular flexibility index (Phi) is 10.1. The van der Waals surface area contributed by atoms with Crippen molar-refractivity contribution in [3.63, 3.8) is 0 Å². The molecule has 20 heavy (non-hydrogen) atoms. The summed E-state index contributed by atoms with van der Waals surface area (Å²) in [7, 11) is 0. The summed E-state index contributed by atoms with van der Waals surface area (Å²) in [5, 5.41) is 17.6. The van der Waals surface area contributed by atoms with Gasteiger partial charge in [0.05, 0.1) is 5.92 Å². The van der Waals surface area contributed by atoms with E-state index in [1.807, 2.05) is 0 Å². The molecule has 0 aliphatic carbocycles. The molecule has 0 aromatic rings. The maximum absolute atomic E-state index is 10.9. The number of rotatable bonds is 12. The summed E-state index contributed by atoms with van der Waals surface area (Å²) in [6, 6.07) is 0. The Balaban J connectivity index is 4.03. The van der Waals surface area contributed by atoms with E-state index in [-0.39, 0.29) is 12.3 Å². The number of hydrogen-bond donors (Lipinski definition) is 2. The highest BCUT2D eigenvalue weighted by Gasteiger charge is 2.16. The SMILES string of the molecule is CC(C)CCN(CCCCCC(=O)O)CC(C)C(=O)O. The summed E-state index contributed by atoms with van der Waals surface area (Å²) in [6.45, 7) is 8.38. The topological polar surface area (TPSA) is 77.8 Å². The van der Waals surface area contributed by atoms with Crippen LogP contribution in [-0.2, 0) is 9.59 Å². The minimum atomic E-state index is -0.759. The highest BCUT2D eigenvalue weighted by molar-refractivity contribution is 5.69. The van der Waals surface area contributed by atoms with Crippen LogP contribution in [0, 0.1) is 11.8 Å². The lowest BCUT2D eigenvalue weighted by Crippen LogP contribution is -2.34. The van der Waals surface area contributed by atoms with Gasteiger partial charge in [0, 0.05) is 13.0 Å². The number of carbonyl (C=O) groups is 2. The summed E-state index contributed by atoms with van der Waals surface area (Å²) in [4.78, 5) is 23.5. The molecule has 0 rings (SSSR count). The molecule has 5 nitrogen and oxygen atoms in total. The van der Waals surface area contributed by atoms with Gasteiger partial charge in [0.2, 0.25) is 0 Å². The number of hydrogen-bond acceptors (Lipinski definition) is 3. The van der Waals surface area contributed by atoms with E-state index in [0.29, 0.717) is 18.9 Å². The lowest BCUT2D eigenvalue weighted by atomic mass is 10.1. The van der Waals surface area contributed by atoms with Crippen LogP contribution in [0.2, 0.25) is 0 Å².